The Bertz CT molecular complexity index is 2800. The average Bonchev–Trinajstić information content (AvgIpc) is 3.73. The molecule has 0 fully saturated rings. The van der Waals surface area contributed by atoms with Crippen molar-refractivity contribution < 1.29 is 0 Å². The van der Waals surface area contributed by atoms with Gasteiger partial charge in [-0.25, -0.2) is 9.98 Å². The lowest BCUT2D eigenvalue weighted by Gasteiger charge is -2.24. The summed E-state index contributed by atoms with van der Waals surface area (Å²) in [4.78, 5) is 10.7. The highest BCUT2D eigenvalue weighted by Gasteiger charge is 2.31. The van der Waals surface area contributed by atoms with Crippen molar-refractivity contribution in [1.82, 2.24) is 0 Å². The number of benzene rings is 8. The Morgan fingerprint density at radius 1 is 0.333 bits per heavy atom. The first-order chi connectivity index (χ1) is 23.8. The Morgan fingerprint density at radius 3 is 1.75 bits per heavy atom. The van der Waals surface area contributed by atoms with Crippen molar-refractivity contribution in [3.63, 3.8) is 0 Å². The fourth-order valence-corrected chi connectivity index (χ4v) is 7.71. The van der Waals surface area contributed by atoms with E-state index in [-0.39, 0.29) is 0 Å². The van der Waals surface area contributed by atoms with Gasteiger partial charge in [0.15, 0.2) is 0 Å². The van der Waals surface area contributed by atoms with Gasteiger partial charge < -0.3 is 0 Å². The van der Waals surface area contributed by atoms with E-state index in [0.29, 0.717) is 0 Å². The molecule has 0 saturated heterocycles. The molecule has 8 aromatic carbocycles. The molecule has 0 N–H and O–H groups in total. The van der Waals surface area contributed by atoms with Crippen LogP contribution in [0.15, 0.2) is 180 Å². The van der Waals surface area contributed by atoms with E-state index in [1.54, 1.807) is 0 Å². The average molecular weight is 609 g/mol. The Hall–Kier alpha value is -6.38. The molecular formula is C46H28N2. The van der Waals surface area contributed by atoms with Crippen LogP contribution in [0.4, 0.5) is 11.4 Å². The van der Waals surface area contributed by atoms with E-state index in [9.17, 15) is 0 Å². The predicted molar refractivity (Wildman–Crippen MR) is 197 cm³/mol. The summed E-state index contributed by atoms with van der Waals surface area (Å²) in [6.07, 6.45) is 0. The van der Waals surface area contributed by atoms with Crippen LogP contribution in [0.3, 0.4) is 0 Å². The third-order valence-electron chi connectivity index (χ3n) is 9.79. The van der Waals surface area contributed by atoms with Crippen LogP contribution < -0.4 is 10.7 Å². The predicted octanol–water partition coefficient (Wildman–Crippen LogP) is 11.0. The molecule has 0 aromatic heterocycles. The summed E-state index contributed by atoms with van der Waals surface area (Å²) in [5.41, 5.74) is 13.7. The molecule has 10 rings (SSSR count). The molecule has 0 bridgehead atoms. The summed E-state index contributed by atoms with van der Waals surface area (Å²) in [6.45, 7) is 0. The quantitative estimate of drug-likeness (QED) is 0.190. The molecule has 0 saturated carbocycles. The molecule has 2 aliphatic heterocycles. The third kappa shape index (κ3) is 4.00. The van der Waals surface area contributed by atoms with E-state index in [2.05, 4.69) is 170 Å². The lowest BCUT2D eigenvalue weighted by atomic mass is 9.78. The van der Waals surface area contributed by atoms with Crippen LogP contribution in [-0.2, 0) is 0 Å². The van der Waals surface area contributed by atoms with Crippen molar-refractivity contribution in [3.8, 4) is 55.6 Å². The third-order valence-corrected chi connectivity index (χ3v) is 9.79. The monoisotopic (exact) mass is 608 g/mol. The molecule has 0 aliphatic carbocycles. The molecule has 48 heavy (non-hydrogen) atoms. The normalized spacial score (nSPS) is 12.1. The molecule has 0 spiro atoms. The highest BCUT2D eigenvalue weighted by molar-refractivity contribution is 6.16. The maximum atomic E-state index is 5.39. The lowest BCUT2D eigenvalue weighted by molar-refractivity contribution is 1.36. The van der Waals surface area contributed by atoms with Crippen molar-refractivity contribution in [2.45, 2.75) is 0 Å². The van der Waals surface area contributed by atoms with Crippen LogP contribution in [0.2, 0.25) is 0 Å². The minimum Gasteiger partial charge on any atom is -0.248 e. The summed E-state index contributed by atoms with van der Waals surface area (Å²) in [5, 5.41) is 6.72. The number of nitrogens with zero attached hydrogens (tertiary/aromatic N) is 2. The zero-order valence-electron chi connectivity index (χ0n) is 26.1. The standard InChI is InChI=1S/C46H28N2/c1-4-14-29(15-5-1)34-25-24-31-18-10-11-21-33(31)42(34)45-41(32-19-8-3-9-20-32)37(30-16-6-2-7-17-30)28-40-43(45)44-39(47-40)27-26-36-35-22-12-13-23-38(35)48-46(36)44/h1-28H. The van der Waals surface area contributed by atoms with Crippen molar-refractivity contribution >= 4 is 22.1 Å². The largest absolute Gasteiger partial charge is 0.248 e. The minimum atomic E-state index is 0.965. The lowest BCUT2D eigenvalue weighted by Crippen LogP contribution is -2.02. The van der Waals surface area contributed by atoms with E-state index >= 15 is 0 Å². The molecule has 2 nitrogen and oxygen atoms in total. The Kier molecular flexibility index (Phi) is 5.91. The molecule has 2 heterocycles. The maximum absolute atomic E-state index is 5.39. The van der Waals surface area contributed by atoms with Crippen LogP contribution in [-0.4, -0.2) is 0 Å². The van der Waals surface area contributed by atoms with Gasteiger partial charge in [0.2, 0.25) is 0 Å². The van der Waals surface area contributed by atoms with E-state index < -0.39 is 0 Å². The topological polar surface area (TPSA) is 24.7 Å². The zero-order valence-corrected chi connectivity index (χ0v) is 26.1. The van der Waals surface area contributed by atoms with Crippen LogP contribution in [0.25, 0.3) is 66.4 Å². The molecule has 2 aliphatic rings. The first-order valence-corrected chi connectivity index (χ1v) is 16.4. The molecule has 8 aromatic rings. The SMILES string of the molecule is c1ccc(-c2cc3c(c(-c4c(-c5ccccc5)ccc5ccccc45)c2-c2ccccc2)-c2c4c(ccc2=N3)=c2ccccc2=N4)cc1. The fourth-order valence-electron chi connectivity index (χ4n) is 7.71. The number of rotatable bonds is 4. The van der Waals surface area contributed by atoms with Crippen LogP contribution in [0.5, 0.6) is 0 Å². The van der Waals surface area contributed by atoms with Crippen molar-refractivity contribution in [3.05, 3.63) is 191 Å². The maximum Gasteiger partial charge on any atom is 0.0817 e. The molecule has 2 heteroatoms. The van der Waals surface area contributed by atoms with Gasteiger partial charge in [-0.3, -0.25) is 0 Å². The molecular weight excluding hydrogens is 581 g/mol. The number of hydrogen-bond donors (Lipinski definition) is 0. The summed E-state index contributed by atoms with van der Waals surface area (Å²) in [5.74, 6) is 0. The second kappa shape index (κ2) is 10.6. The highest BCUT2D eigenvalue weighted by atomic mass is 14.8. The van der Waals surface area contributed by atoms with E-state index in [4.69, 9.17) is 9.98 Å². The first-order valence-electron chi connectivity index (χ1n) is 16.4. The minimum absolute atomic E-state index is 0.965. The Labute approximate surface area is 278 Å². The molecule has 0 radical (unpaired) electrons. The van der Waals surface area contributed by atoms with Crippen molar-refractivity contribution in [2.24, 2.45) is 9.98 Å². The molecule has 0 atom stereocenters. The van der Waals surface area contributed by atoms with E-state index in [1.165, 1.54) is 49.4 Å². The highest BCUT2D eigenvalue weighted by Crippen LogP contribution is 2.55. The van der Waals surface area contributed by atoms with Gasteiger partial charge in [-0.15, -0.1) is 0 Å². The van der Waals surface area contributed by atoms with E-state index in [0.717, 1.165) is 49.6 Å². The van der Waals surface area contributed by atoms with Gasteiger partial charge >= 0.3 is 0 Å². The van der Waals surface area contributed by atoms with Gasteiger partial charge in [0.1, 0.15) is 0 Å². The first kappa shape index (κ1) is 26.8. The van der Waals surface area contributed by atoms with Crippen LogP contribution in [0, 0.1) is 10.4 Å². The van der Waals surface area contributed by atoms with Gasteiger partial charge in [0.05, 0.1) is 22.1 Å². The van der Waals surface area contributed by atoms with Crippen LogP contribution >= 0.6 is 0 Å². The van der Waals surface area contributed by atoms with Crippen molar-refractivity contribution in [1.29, 1.82) is 0 Å². The molecule has 0 unspecified atom stereocenters. The molecule has 0 amide bonds. The zero-order chi connectivity index (χ0) is 31.6. The Morgan fingerprint density at radius 2 is 0.979 bits per heavy atom. The second-order valence-electron chi connectivity index (χ2n) is 12.5. The summed E-state index contributed by atoms with van der Waals surface area (Å²) in [7, 11) is 0. The van der Waals surface area contributed by atoms with Crippen LogP contribution in [0.1, 0.15) is 0 Å². The van der Waals surface area contributed by atoms with E-state index in [1.807, 2.05) is 0 Å². The Balaban J connectivity index is 1.46. The molecule has 222 valence electrons. The number of hydrogen-bond acceptors (Lipinski definition) is 2. The fraction of sp³-hybridized carbons (Fsp3) is 0. The van der Waals surface area contributed by atoms with Gasteiger partial charge in [0.25, 0.3) is 0 Å². The van der Waals surface area contributed by atoms with Gasteiger partial charge in [0, 0.05) is 27.1 Å². The summed E-state index contributed by atoms with van der Waals surface area (Å²) in [6, 6.07) is 60.9. The second-order valence-corrected chi connectivity index (χ2v) is 12.5. The number of para-hydroxylation sites is 1. The van der Waals surface area contributed by atoms with Crippen molar-refractivity contribution in [2.75, 3.05) is 0 Å². The summed E-state index contributed by atoms with van der Waals surface area (Å²) >= 11 is 0. The van der Waals surface area contributed by atoms with Gasteiger partial charge in [-0.2, -0.15) is 0 Å². The summed E-state index contributed by atoms with van der Waals surface area (Å²) < 4.78 is 0. The smallest absolute Gasteiger partial charge is 0.0817 e. The van der Waals surface area contributed by atoms with Gasteiger partial charge in [-0.1, -0.05) is 146 Å². The number of fused-ring (bicyclic) bond motifs is 7. The van der Waals surface area contributed by atoms with Gasteiger partial charge in [-0.05, 0) is 74.0 Å².